The van der Waals surface area contributed by atoms with Crippen molar-refractivity contribution in [2.45, 2.75) is 11.3 Å². The molecule has 0 radical (unpaired) electrons. The van der Waals surface area contributed by atoms with Gasteiger partial charge in [0.25, 0.3) is 0 Å². The number of nitrogens with one attached hydrogen (secondary N) is 1. The van der Waals surface area contributed by atoms with Crippen molar-refractivity contribution in [2.75, 3.05) is 23.9 Å². The molecule has 0 atom stereocenters. The highest BCUT2D eigenvalue weighted by Gasteiger charge is 2.20. The number of hydrogen-bond acceptors (Lipinski definition) is 6. The van der Waals surface area contributed by atoms with Crippen LogP contribution in [0.15, 0.2) is 35.2 Å². The van der Waals surface area contributed by atoms with Crippen LogP contribution in [-0.4, -0.2) is 25.6 Å². The van der Waals surface area contributed by atoms with Crippen LogP contribution >= 0.6 is 11.5 Å². The topological polar surface area (TPSA) is 85.1 Å². The molecule has 0 saturated carbocycles. The number of nitrogen functional groups attached to an aromatic ring is 1. The minimum absolute atomic E-state index is 0.0645. The van der Waals surface area contributed by atoms with E-state index >= 15 is 0 Å². The minimum Gasteiger partial charge on any atom is -0.382 e. The van der Waals surface area contributed by atoms with Gasteiger partial charge in [0, 0.05) is 12.8 Å². The molecule has 0 aliphatic rings. The summed E-state index contributed by atoms with van der Waals surface area (Å²) in [6.07, 6.45) is 1.94. The van der Waals surface area contributed by atoms with Gasteiger partial charge in [0.1, 0.15) is 9.90 Å². The van der Waals surface area contributed by atoms with Gasteiger partial charge in [0.15, 0.2) is 15.7 Å². The number of nitrogens with two attached hydrogens (primary N) is 1. The molecule has 2 aromatic rings. The molecule has 1 heterocycles. The summed E-state index contributed by atoms with van der Waals surface area (Å²) in [6.45, 7) is 0.633. The number of hydrogen-bond donors (Lipinski definition) is 2. The fourth-order valence-electron chi connectivity index (χ4n) is 1.73. The van der Waals surface area contributed by atoms with Gasteiger partial charge in [-0.25, -0.2) is 8.42 Å². The fourth-order valence-corrected chi connectivity index (χ4v) is 3.82. The van der Waals surface area contributed by atoms with Crippen molar-refractivity contribution < 1.29 is 8.42 Å². The summed E-state index contributed by atoms with van der Waals surface area (Å²) in [4.78, 5) is 0.102. The number of aromatic nitrogens is 1. The number of anilines is 2. The maximum atomic E-state index is 11.6. The number of benzene rings is 1. The maximum Gasteiger partial charge on any atom is 0.182 e. The Hall–Kier alpha value is -1.60. The van der Waals surface area contributed by atoms with Gasteiger partial charge >= 0.3 is 0 Å². The molecule has 0 spiro atoms. The summed E-state index contributed by atoms with van der Waals surface area (Å²) >= 11 is 1.07. The first-order valence-corrected chi connectivity index (χ1v) is 8.38. The third-order valence-electron chi connectivity index (χ3n) is 2.59. The largest absolute Gasteiger partial charge is 0.382 e. The molecule has 0 amide bonds. The van der Waals surface area contributed by atoms with Gasteiger partial charge in [-0.15, -0.1) is 0 Å². The van der Waals surface area contributed by atoms with Gasteiger partial charge in [-0.1, -0.05) is 30.3 Å². The Balaban J connectivity index is 2.05. The quantitative estimate of drug-likeness (QED) is 0.878. The van der Waals surface area contributed by atoms with Crippen LogP contribution in [0.25, 0.3) is 0 Å². The van der Waals surface area contributed by atoms with E-state index in [4.69, 9.17) is 5.73 Å². The van der Waals surface area contributed by atoms with Crippen LogP contribution in [0, 0.1) is 0 Å². The second kappa shape index (κ2) is 5.58. The van der Waals surface area contributed by atoms with Crippen molar-refractivity contribution in [3.8, 4) is 0 Å². The maximum absolute atomic E-state index is 11.6. The van der Waals surface area contributed by atoms with Crippen molar-refractivity contribution in [1.29, 1.82) is 0 Å². The zero-order valence-electron chi connectivity index (χ0n) is 10.5. The molecule has 2 rings (SSSR count). The lowest BCUT2D eigenvalue weighted by Crippen LogP contribution is -2.08. The summed E-state index contributed by atoms with van der Waals surface area (Å²) in [5.41, 5.74) is 6.78. The van der Waals surface area contributed by atoms with E-state index in [0.29, 0.717) is 11.5 Å². The van der Waals surface area contributed by atoms with Gasteiger partial charge in [-0.2, -0.15) is 4.37 Å². The normalized spacial score (nSPS) is 11.4. The number of sulfone groups is 1. The van der Waals surface area contributed by atoms with Gasteiger partial charge < -0.3 is 11.1 Å². The second-order valence-corrected chi connectivity index (χ2v) is 6.89. The molecule has 0 aliphatic heterocycles. The zero-order valence-corrected chi connectivity index (χ0v) is 12.1. The molecule has 0 aliphatic carbocycles. The average Bonchev–Trinajstić information content (AvgIpc) is 2.72. The molecule has 0 unspecified atom stereocenters. The third kappa shape index (κ3) is 3.45. The molecule has 0 bridgehead atoms. The Morgan fingerprint density at radius 3 is 2.63 bits per heavy atom. The minimum atomic E-state index is -3.36. The summed E-state index contributed by atoms with van der Waals surface area (Å²) in [5, 5.41) is 3.60. The summed E-state index contributed by atoms with van der Waals surface area (Å²) < 4.78 is 27.1. The van der Waals surface area contributed by atoms with Crippen molar-refractivity contribution in [1.82, 2.24) is 4.37 Å². The molecule has 0 saturated heterocycles. The van der Waals surface area contributed by atoms with Gasteiger partial charge in [0.2, 0.25) is 0 Å². The predicted molar refractivity (Wildman–Crippen MR) is 78.3 cm³/mol. The molecule has 5 nitrogen and oxygen atoms in total. The van der Waals surface area contributed by atoms with Crippen molar-refractivity contribution >= 4 is 32.2 Å². The number of nitrogens with zero attached hydrogens (tertiary/aromatic N) is 1. The lowest BCUT2D eigenvalue weighted by molar-refractivity contribution is 0.602. The van der Waals surface area contributed by atoms with E-state index in [1.807, 2.05) is 30.3 Å². The van der Waals surface area contributed by atoms with Crippen LogP contribution in [0.4, 0.5) is 10.8 Å². The molecular weight excluding hydrogens is 282 g/mol. The highest BCUT2D eigenvalue weighted by atomic mass is 32.2. The SMILES string of the molecule is CS(=O)(=O)c1c(N)nsc1NCCc1ccccc1. The van der Waals surface area contributed by atoms with E-state index in [9.17, 15) is 8.42 Å². The molecule has 1 aromatic heterocycles. The van der Waals surface area contributed by atoms with Crippen molar-refractivity contribution in [3.05, 3.63) is 35.9 Å². The van der Waals surface area contributed by atoms with E-state index in [-0.39, 0.29) is 10.7 Å². The molecule has 7 heteroatoms. The zero-order chi connectivity index (χ0) is 13.9. The third-order valence-corrected chi connectivity index (χ3v) is 4.69. The second-order valence-electron chi connectivity index (χ2n) is 4.16. The summed E-state index contributed by atoms with van der Waals surface area (Å²) in [5.74, 6) is 0.0645. The highest BCUT2D eigenvalue weighted by molar-refractivity contribution is 7.91. The van der Waals surface area contributed by atoms with Crippen LogP contribution in [0.3, 0.4) is 0 Å². The smallest absolute Gasteiger partial charge is 0.182 e. The fraction of sp³-hybridized carbons (Fsp3) is 0.250. The van der Waals surface area contributed by atoms with Gasteiger partial charge in [-0.05, 0) is 23.5 Å². The van der Waals surface area contributed by atoms with Gasteiger partial charge in [-0.3, -0.25) is 0 Å². The lowest BCUT2D eigenvalue weighted by atomic mass is 10.1. The monoisotopic (exact) mass is 297 g/mol. The van der Waals surface area contributed by atoms with E-state index in [2.05, 4.69) is 9.69 Å². The average molecular weight is 297 g/mol. The van der Waals surface area contributed by atoms with E-state index in [1.165, 1.54) is 5.56 Å². The van der Waals surface area contributed by atoms with E-state index < -0.39 is 9.84 Å². The molecule has 102 valence electrons. The van der Waals surface area contributed by atoms with Crippen LogP contribution in [0.5, 0.6) is 0 Å². The Bertz CT molecular complexity index is 651. The molecule has 3 N–H and O–H groups in total. The molecule has 1 aromatic carbocycles. The Morgan fingerprint density at radius 2 is 2.00 bits per heavy atom. The summed E-state index contributed by atoms with van der Waals surface area (Å²) in [7, 11) is -3.36. The predicted octanol–water partition coefficient (Wildman–Crippen LogP) is 1.78. The first-order chi connectivity index (χ1) is 8.98. The number of rotatable bonds is 5. The molecule has 19 heavy (non-hydrogen) atoms. The molecular formula is C12H15N3O2S2. The van der Waals surface area contributed by atoms with Crippen LogP contribution < -0.4 is 11.1 Å². The van der Waals surface area contributed by atoms with Crippen LogP contribution in [0.2, 0.25) is 0 Å². The first kappa shape index (κ1) is 13.8. The van der Waals surface area contributed by atoms with Crippen LogP contribution in [0.1, 0.15) is 5.56 Å². The Labute approximate surface area is 116 Å². The Morgan fingerprint density at radius 1 is 1.32 bits per heavy atom. The van der Waals surface area contributed by atoms with Gasteiger partial charge in [0.05, 0.1) is 0 Å². The van der Waals surface area contributed by atoms with Crippen molar-refractivity contribution in [3.63, 3.8) is 0 Å². The Kier molecular flexibility index (Phi) is 4.06. The standard InChI is InChI=1S/C12H15N3O2S2/c1-19(16,17)10-11(13)15-18-12(10)14-8-7-9-5-3-2-4-6-9/h2-6,14H,7-8H2,1H3,(H2,13,15). The lowest BCUT2D eigenvalue weighted by Gasteiger charge is -2.06. The summed E-state index contributed by atoms with van der Waals surface area (Å²) in [6, 6.07) is 9.97. The molecule has 0 fully saturated rings. The van der Waals surface area contributed by atoms with Crippen molar-refractivity contribution in [2.24, 2.45) is 0 Å². The van der Waals surface area contributed by atoms with E-state index in [0.717, 1.165) is 24.2 Å². The van der Waals surface area contributed by atoms with Crippen LogP contribution in [-0.2, 0) is 16.3 Å². The van der Waals surface area contributed by atoms with E-state index in [1.54, 1.807) is 0 Å². The first-order valence-electron chi connectivity index (χ1n) is 5.71. The highest BCUT2D eigenvalue weighted by Crippen LogP contribution is 2.31.